The molecule has 7 nitrogen and oxygen atoms in total. The van der Waals surface area contributed by atoms with Gasteiger partial charge in [-0.1, -0.05) is 12.1 Å². The van der Waals surface area contributed by atoms with Crippen molar-refractivity contribution in [2.24, 2.45) is 0 Å². The lowest BCUT2D eigenvalue weighted by atomic mass is 10.1. The number of rotatable bonds is 10. The molecular weight excluding hydrogens is 469 g/mol. The van der Waals surface area contributed by atoms with E-state index in [9.17, 15) is 18.0 Å². The quantitative estimate of drug-likeness (QED) is 0.310. The average Bonchev–Trinajstić information content (AvgIpc) is 2.81. The summed E-state index contributed by atoms with van der Waals surface area (Å²) < 4.78 is 47.7. The van der Waals surface area contributed by atoms with E-state index in [1.807, 2.05) is 30.5 Å². The van der Waals surface area contributed by atoms with E-state index in [-0.39, 0.29) is 17.4 Å². The highest BCUT2D eigenvalue weighted by Gasteiger charge is 2.29. The molecule has 0 saturated heterocycles. The summed E-state index contributed by atoms with van der Waals surface area (Å²) in [6.07, 6.45) is 1.99. The van der Waals surface area contributed by atoms with E-state index in [0.717, 1.165) is 17.0 Å². The van der Waals surface area contributed by atoms with Gasteiger partial charge in [0.2, 0.25) is 5.91 Å². The third-order valence-corrected chi connectivity index (χ3v) is 5.13. The van der Waals surface area contributed by atoms with E-state index in [0.29, 0.717) is 23.3 Å². The summed E-state index contributed by atoms with van der Waals surface area (Å²) in [5, 5.41) is 6.51. The van der Waals surface area contributed by atoms with E-state index < -0.39 is 12.8 Å². The predicted molar refractivity (Wildman–Crippen MR) is 128 cm³/mol. The molecule has 1 heterocycles. The van der Waals surface area contributed by atoms with Crippen molar-refractivity contribution in [3.63, 3.8) is 0 Å². The largest absolute Gasteiger partial charge is 0.493 e. The Hall–Kier alpha value is -3.47. The first-order valence-corrected chi connectivity index (χ1v) is 11.5. The van der Waals surface area contributed by atoms with E-state index in [1.165, 1.54) is 31.6 Å². The Balaban J connectivity index is 1.75. The Morgan fingerprint density at radius 2 is 1.91 bits per heavy atom. The standard InChI is InChI=1S/C23H23F3N4O3S/c1-32-19-11-17-18(12-20(19)33-13-23(24,25)26)28-14-29-22(17)30-16-6-3-15(4-7-16)5-8-21(31)27-9-10-34-2/h3-8,11-12,14H,9-10,13H2,1-2H3,(H,27,31)(H,28,29,30). The first kappa shape index (κ1) is 25.2. The van der Waals surface area contributed by atoms with Crippen LogP contribution in [0.15, 0.2) is 48.8 Å². The number of methoxy groups -OCH3 is 1. The molecule has 0 aliphatic rings. The zero-order valence-corrected chi connectivity index (χ0v) is 19.3. The van der Waals surface area contributed by atoms with E-state index in [4.69, 9.17) is 9.47 Å². The molecule has 0 atom stereocenters. The number of amides is 1. The number of benzene rings is 2. The molecule has 2 N–H and O–H groups in total. The van der Waals surface area contributed by atoms with Crippen LogP contribution >= 0.6 is 11.8 Å². The second kappa shape index (κ2) is 11.6. The number of nitrogens with zero attached hydrogens (tertiary/aromatic N) is 2. The molecule has 180 valence electrons. The number of fused-ring (bicyclic) bond motifs is 1. The van der Waals surface area contributed by atoms with Gasteiger partial charge in [-0.3, -0.25) is 4.79 Å². The number of ether oxygens (including phenoxy) is 2. The van der Waals surface area contributed by atoms with E-state index >= 15 is 0 Å². The van der Waals surface area contributed by atoms with E-state index in [2.05, 4.69) is 20.6 Å². The van der Waals surface area contributed by atoms with Gasteiger partial charge >= 0.3 is 6.18 Å². The van der Waals surface area contributed by atoms with Crippen molar-refractivity contribution in [1.29, 1.82) is 0 Å². The maximum absolute atomic E-state index is 12.6. The number of alkyl halides is 3. The molecule has 0 radical (unpaired) electrons. The fourth-order valence-corrected chi connectivity index (χ4v) is 3.22. The second-order valence-corrected chi connectivity index (χ2v) is 8.00. The van der Waals surface area contributed by atoms with Crippen molar-refractivity contribution in [3.8, 4) is 11.5 Å². The molecule has 0 aliphatic carbocycles. The fraction of sp³-hybridized carbons (Fsp3) is 0.261. The maximum Gasteiger partial charge on any atom is 0.422 e. The van der Waals surface area contributed by atoms with Gasteiger partial charge in [0, 0.05) is 35.5 Å². The minimum Gasteiger partial charge on any atom is -0.493 e. The van der Waals surface area contributed by atoms with Gasteiger partial charge in [-0.05, 0) is 36.1 Å². The zero-order chi connectivity index (χ0) is 24.6. The summed E-state index contributed by atoms with van der Waals surface area (Å²) in [5.41, 5.74) is 1.95. The van der Waals surface area contributed by atoms with Crippen LogP contribution in [0.4, 0.5) is 24.7 Å². The number of carbonyl (C=O) groups excluding carboxylic acids is 1. The Morgan fingerprint density at radius 1 is 1.15 bits per heavy atom. The monoisotopic (exact) mass is 492 g/mol. The molecule has 3 aromatic rings. The second-order valence-electron chi connectivity index (χ2n) is 7.01. The van der Waals surface area contributed by atoms with Crippen molar-refractivity contribution in [2.75, 3.05) is 37.6 Å². The van der Waals surface area contributed by atoms with Crippen molar-refractivity contribution in [3.05, 3.63) is 54.4 Å². The van der Waals surface area contributed by atoms with Crippen LogP contribution < -0.4 is 20.1 Å². The van der Waals surface area contributed by atoms with Gasteiger partial charge in [0.1, 0.15) is 12.1 Å². The molecule has 0 aliphatic heterocycles. The van der Waals surface area contributed by atoms with Crippen molar-refractivity contribution >= 4 is 46.2 Å². The first-order chi connectivity index (χ1) is 16.3. The molecule has 0 saturated carbocycles. The third-order valence-electron chi connectivity index (χ3n) is 4.52. The third kappa shape index (κ3) is 7.27. The van der Waals surface area contributed by atoms with Gasteiger partial charge in [-0.25, -0.2) is 9.97 Å². The highest BCUT2D eigenvalue weighted by molar-refractivity contribution is 7.98. The molecule has 11 heteroatoms. The summed E-state index contributed by atoms with van der Waals surface area (Å²) in [4.78, 5) is 20.2. The van der Waals surface area contributed by atoms with Crippen molar-refractivity contribution in [2.45, 2.75) is 6.18 Å². The number of halogens is 3. The predicted octanol–water partition coefficient (Wildman–Crippen LogP) is 4.82. The molecule has 0 unspecified atom stereocenters. The van der Waals surface area contributed by atoms with Crippen LogP contribution in [0.5, 0.6) is 11.5 Å². The summed E-state index contributed by atoms with van der Waals surface area (Å²) in [7, 11) is 1.34. The van der Waals surface area contributed by atoms with Gasteiger partial charge < -0.3 is 20.1 Å². The summed E-state index contributed by atoms with van der Waals surface area (Å²) in [6.45, 7) is -0.827. The van der Waals surface area contributed by atoms with Gasteiger partial charge in [0.25, 0.3) is 0 Å². The van der Waals surface area contributed by atoms with Crippen LogP contribution in [0.25, 0.3) is 17.0 Å². The molecular formula is C23H23F3N4O3S. The molecule has 0 bridgehead atoms. The van der Waals surface area contributed by atoms with Gasteiger partial charge in [0.05, 0.1) is 12.6 Å². The molecule has 2 aromatic carbocycles. The average molecular weight is 493 g/mol. The molecule has 34 heavy (non-hydrogen) atoms. The SMILES string of the molecule is COc1cc2c(Nc3ccc(C=CC(=O)NCCSC)cc3)ncnc2cc1OCC(F)(F)F. The molecule has 0 spiro atoms. The maximum atomic E-state index is 12.6. The zero-order valence-electron chi connectivity index (χ0n) is 18.5. The number of thioether (sulfide) groups is 1. The number of anilines is 2. The number of carbonyl (C=O) groups is 1. The Labute approximate surface area is 198 Å². The van der Waals surface area contributed by atoms with Gasteiger partial charge in [-0.2, -0.15) is 24.9 Å². The van der Waals surface area contributed by atoms with E-state index in [1.54, 1.807) is 17.8 Å². The van der Waals surface area contributed by atoms with Crippen LogP contribution in [0.1, 0.15) is 5.56 Å². The van der Waals surface area contributed by atoms with Crippen LogP contribution in [-0.4, -0.2) is 54.3 Å². The highest BCUT2D eigenvalue weighted by Crippen LogP contribution is 2.35. The van der Waals surface area contributed by atoms with Gasteiger partial charge in [-0.15, -0.1) is 0 Å². The first-order valence-electron chi connectivity index (χ1n) is 10.1. The number of hydrogen-bond acceptors (Lipinski definition) is 7. The smallest absolute Gasteiger partial charge is 0.422 e. The summed E-state index contributed by atoms with van der Waals surface area (Å²) in [6, 6.07) is 10.2. The highest BCUT2D eigenvalue weighted by atomic mass is 32.2. The molecule has 0 fully saturated rings. The number of aromatic nitrogens is 2. The van der Waals surface area contributed by atoms with Crippen molar-refractivity contribution < 1.29 is 27.4 Å². The molecule has 3 rings (SSSR count). The number of nitrogens with one attached hydrogen (secondary N) is 2. The normalized spacial score (nSPS) is 11.6. The molecule has 1 amide bonds. The lowest BCUT2D eigenvalue weighted by molar-refractivity contribution is -0.153. The summed E-state index contributed by atoms with van der Waals surface area (Å²) in [5.74, 6) is 1.21. The fourth-order valence-electron chi connectivity index (χ4n) is 2.92. The minimum absolute atomic E-state index is 0.0643. The molecule has 1 aromatic heterocycles. The Bertz CT molecular complexity index is 1150. The Kier molecular flexibility index (Phi) is 8.58. The Morgan fingerprint density at radius 3 is 2.59 bits per heavy atom. The minimum atomic E-state index is -4.47. The van der Waals surface area contributed by atoms with Crippen molar-refractivity contribution in [1.82, 2.24) is 15.3 Å². The topological polar surface area (TPSA) is 85.4 Å². The van der Waals surface area contributed by atoms with Gasteiger partial charge in [0.15, 0.2) is 18.1 Å². The lowest BCUT2D eigenvalue weighted by Gasteiger charge is -2.14. The number of hydrogen-bond donors (Lipinski definition) is 2. The van der Waals surface area contributed by atoms with Crippen LogP contribution in [0.2, 0.25) is 0 Å². The van der Waals surface area contributed by atoms with Crippen LogP contribution in [0.3, 0.4) is 0 Å². The van der Waals surface area contributed by atoms with Crippen LogP contribution in [0, 0.1) is 0 Å². The summed E-state index contributed by atoms with van der Waals surface area (Å²) >= 11 is 1.66. The lowest BCUT2D eigenvalue weighted by Crippen LogP contribution is -2.23. The van der Waals surface area contributed by atoms with Crippen LogP contribution in [-0.2, 0) is 4.79 Å².